The molecule has 0 aliphatic rings. The van der Waals surface area contributed by atoms with Crippen LogP contribution in [-0.4, -0.2) is 29.4 Å². The van der Waals surface area contributed by atoms with Crippen molar-refractivity contribution in [3.05, 3.63) is 65.2 Å². The van der Waals surface area contributed by atoms with Crippen LogP contribution in [0.5, 0.6) is 0 Å². The second kappa shape index (κ2) is 9.52. The summed E-state index contributed by atoms with van der Waals surface area (Å²) in [4.78, 5) is 34.4. The molecule has 142 valence electrons. The minimum Gasteiger partial charge on any atom is -0.480 e. The summed E-state index contributed by atoms with van der Waals surface area (Å²) in [6, 6.07) is 14.3. The Labute approximate surface area is 158 Å². The van der Waals surface area contributed by atoms with Crippen LogP contribution >= 0.6 is 0 Å². The monoisotopic (exact) mass is 368 g/mol. The van der Waals surface area contributed by atoms with Crippen LogP contribution in [0.2, 0.25) is 0 Å². The summed E-state index contributed by atoms with van der Waals surface area (Å²) < 4.78 is 0. The van der Waals surface area contributed by atoms with Crippen molar-refractivity contribution in [1.82, 2.24) is 5.32 Å². The number of carbonyl (C=O) groups is 3. The van der Waals surface area contributed by atoms with Gasteiger partial charge in [-0.1, -0.05) is 38.1 Å². The molecular weight excluding hydrogens is 344 g/mol. The minimum atomic E-state index is -1.11. The molecular formula is C21H24N2O4. The van der Waals surface area contributed by atoms with Crippen molar-refractivity contribution >= 4 is 23.5 Å². The van der Waals surface area contributed by atoms with Gasteiger partial charge in [0.2, 0.25) is 5.91 Å². The van der Waals surface area contributed by atoms with Gasteiger partial charge in [-0.2, -0.15) is 0 Å². The lowest BCUT2D eigenvalue weighted by molar-refractivity contribution is -0.135. The predicted molar refractivity (Wildman–Crippen MR) is 104 cm³/mol. The third kappa shape index (κ3) is 6.93. The van der Waals surface area contributed by atoms with Crippen molar-refractivity contribution in [1.29, 1.82) is 0 Å². The highest BCUT2D eigenvalue weighted by Gasteiger charge is 2.09. The van der Waals surface area contributed by atoms with E-state index in [4.69, 9.17) is 5.11 Å². The van der Waals surface area contributed by atoms with Gasteiger partial charge in [0, 0.05) is 11.3 Å². The van der Waals surface area contributed by atoms with Gasteiger partial charge >= 0.3 is 5.97 Å². The van der Waals surface area contributed by atoms with E-state index in [2.05, 4.69) is 24.5 Å². The molecule has 6 heteroatoms. The van der Waals surface area contributed by atoms with E-state index in [9.17, 15) is 14.4 Å². The smallest absolute Gasteiger partial charge is 0.322 e. The molecule has 0 aliphatic heterocycles. The summed E-state index contributed by atoms with van der Waals surface area (Å²) >= 11 is 0. The fourth-order valence-electron chi connectivity index (χ4n) is 2.62. The van der Waals surface area contributed by atoms with Gasteiger partial charge in [-0.15, -0.1) is 0 Å². The Hall–Kier alpha value is -3.15. The van der Waals surface area contributed by atoms with E-state index in [1.807, 2.05) is 24.3 Å². The third-order valence-corrected chi connectivity index (χ3v) is 3.86. The molecule has 0 saturated heterocycles. The van der Waals surface area contributed by atoms with Crippen LogP contribution < -0.4 is 10.6 Å². The summed E-state index contributed by atoms with van der Waals surface area (Å²) in [6.45, 7) is 3.90. The summed E-state index contributed by atoms with van der Waals surface area (Å²) in [5.74, 6) is -1.13. The lowest BCUT2D eigenvalue weighted by Crippen LogP contribution is -2.29. The van der Waals surface area contributed by atoms with E-state index in [-0.39, 0.29) is 12.3 Å². The van der Waals surface area contributed by atoms with Gasteiger partial charge < -0.3 is 15.7 Å². The maximum absolute atomic E-state index is 12.2. The van der Waals surface area contributed by atoms with E-state index in [0.29, 0.717) is 17.2 Å². The fourth-order valence-corrected chi connectivity index (χ4v) is 2.62. The Morgan fingerprint density at radius 2 is 1.52 bits per heavy atom. The zero-order chi connectivity index (χ0) is 19.8. The molecule has 2 aromatic rings. The first kappa shape index (κ1) is 20.2. The molecule has 0 saturated carbocycles. The summed E-state index contributed by atoms with van der Waals surface area (Å²) in [6.07, 6.45) is 1.28. The van der Waals surface area contributed by atoms with Gasteiger partial charge in [-0.05, 0) is 47.7 Å². The maximum Gasteiger partial charge on any atom is 0.322 e. The van der Waals surface area contributed by atoms with Crippen molar-refractivity contribution in [3.8, 4) is 0 Å². The largest absolute Gasteiger partial charge is 0.480 e. The van der Waals surface area contributed by atoms with E-state index >= 15 is 0 Å². The molecule has 2 rings (SSSR count). The van der Waals surface area contributed by atoms with Gasteiger partial charge in [-0.3, -0.25) is 14.4 Å². The zero-order valence-corrected chi connectivity index (χ0v) is 15.5. The first-order valence-corrected chi connectivity index (χ1v) is 8.81. The molecule has 0 aliphatic carbocycles. The lowest BCUT2D eigenvalue weighted by Gasteiger charge is -2.08. The van der Waals surface area contributed by atoms with Crippen LogP contribution in [0.25, 0.3) is 0 Å². The number of anilines is 1. The van der Waals surface area contributed by atoms with Crippen molar-refractivity contribution in [3.63, 3.8) is 0 Å². The number of carboxylic acid groups (broad SMARTS) is 1. The number of aliphatic carboxylic acids is 1. The molecule has 3 N–H and O–H groups in total. The summed E-state index contributed by atoms with van der Waals surface area (Å²) in [7, 11) is 0. The van der Waals surface area contributed by atoms with Gasteiger partial charge in [0.25, 0.3) is 5.91 Å². The Balaban J connectivity index is 1.88. The van der Waals surface area contributed by atoms with Crippen LogP contribution in [0, 0.1) is 5.92 Å². The van der Waals surface area contributed by atoms with Gasteiger partial charge in [-0.25, -0.2) is 0 Å². The molecule has 0 fully saturated rings. The Morgan fingerprint density at radius 1 is 0.926 bits per heavy atom. The Kier molecular flexibility index (Phi) is 7.11. The van der Waals surface area contributed by atoms with Crippen molar-refractivity contribution < 1.29 is 19.5 Å². The number of carboxylic acids is 1. The molecule has 2 amide bonds. The second-order valence-corrected chi connectivity index (χ2v) is 6.79. The lowest BCUT2D eigenvalue weighted by atomic mass is 10.0. The molecule has 27 heavy (non-hydrogen) atoms. The van der Waals surface area contributed by atoms with E-state index < -0.39 is 18.4 Å². The number of hydrogen-bond acceptors (Lipinski definition) is 3. The second-order valence-electron chi connectivity index (χ2n) is 6.79. The molecule has 0 aromatic heterocycles. The van der Waals surface area contributed by atoms with Crippen molar-refractivity contribution in [2.75, 3.05) is 11.9 Å². The number of nitrogens with one attached hydrogen (secondary N) is 2. The average molecular weight is 368 g/mol. The Bertz CT molecular complexity index is 796. The number of amides is 2. The average Bonchev–Trinajstić information content (AvgIpc) is 2.61. The predicted octanol–water partition coefficient (Wildman–Crippen LogP) is 2.88. The molecule has 0 unspecified atom stereocenters. The SMILES string of the molecule is CC(C)Cc1ccc(CC(=O)Nc2ccc(C(=O)NCC(=O)O)cc2)cc1. The van der Waals surface area contributed by atoms with Crippen LogP contribution in [0.3, 0.4) is 0 Å². The van der Waals surface area contributed by atoms with Crippen molar-refractivity contribution in [2.24, 2.45) is 5.92 Å². The summed E-state index contributed by atoms with van der Waals surface area (Å²) in [5.41, 5.74) is 3.09. The normalized spacial score (nSPS) is 10.5. The molecule has 2 aromatic carbocycles. The highest BCUT2D eigenvalue weighted by Crippen LogP contribution is 2.13. The number of carbonyl (C=O) groups excluding carboxylic acids is 2. The minimum absolute atomic E-state index is 0.144. The molecule has 0 bridgehead atoms. The van der Waals surface area contributed by atoms with Gasteiger partial charge in [0.1, 0.15) is 6.54 Å². The molecule has 0 atom stereocenters. The van der Waals surface area contributed by atoms with Crippen LogP contribution in [0.15, 0.2) is 48.5 Å². The maximum atomic E-state index is 12.2. The number of benzene rings is 2. The van der Waals surface area contributed by atoms with E-state index in [1.54, 1.807) is 12.1 Å². The van der Waals surface area contributed by atoms with E-state index in [1.165, 1.54) is 17.7 Å². The zero-order valence-electron chi connectivity index (χ0n) is 15.5. The molecule has 6 nitrogen and oxygen atoms in total. The first-order valence-electron chi connectivity index (χ1n) is 8.81. The standard InChI is InChI=1S/C21H24N2O4/c1-14(2)11-15-3-5-16(6-4-15)12-19(24)23-18-9-7-17(8-10-18)21(27)22-13-20(25)26/h3-10,14H,11-13H2,1-2H3,(H,22,27)(H,23,24)(H,25,26). The summed E-state index contributed by atoms with van der Waals surface area (Å²) in [5, 5.41) is 13.6. The molecule has 0 spiro atoms. The van der Waals surface area contributed by atoms with Gasteiger partial charge in [0.15, 0.2) is 0 Å². The highest BCUT2D eigenvalue weighted by molar-refractivity contribution is 5.97. The topological polar surface area (TPSA) is 95.5 Å². The van der Waals surface area contributed by atoms with E-state index in [0.717, 1.165) is 12.0 Å². The van der Waals surface area contributed by atoms with Crippen LogP contribution in [0.4, 0.5) is 5.69 Å². The third-order valence-electron chi connectivity index (χ3n) is 3.86. The van der Waals surface area contributed by atoms with Crippen LogP contribution in [-0.2, 0) is 22.4 Å². The van der Waals surface area contributed by atoms with Crippen LogP contribution in [0.1, 0.15) is 35.3 Å². The molecule has 0 heterocycles. The van der Waals surface area contributed by atoms with Crippen molar-refractivity contribution in [2.45, 2.75) is 26.7 Å². The highest BCUT2D eigenvalue weighted by atomic mass is 16.4. The number of rotatable bonds is 8. The fraction of sp³-hybridized carbons (Fsp3) is 0.286. The Morgan fingerprint density at radius 3 is 2.07 bits per heavy atom. The quantitative estimate of drug-likeness (QED) is 0.668. The number of hydrogen-bond donors (Lipinski definition) is 3. The van der Waals surface area contributed by atoms with Gasteiger partial charge in [0.05, 0.1) is 6.42 Å². The molecule has 0 radical (unpaired) electrons. The first-order chi connectivity index (χ1) is 12.8.